The maximum Gasteiger partial charge on any atom is 1.00 e. The van der Waals surface area contributed by atoms with Gasteiger partial charge in [-0.15, -0.1) is 0 Å². The Hall–Kier alpha value is 14.5. The number of ether oxygens (including phenoxy) is 1. The van der Waals surface area contributed by atoms with Gasteiger partial charge in [0.25, 0.3) is 0 Å². The van der Waals surface area contributed by atoms with Crippen LogP contribution in [-0.4, -0.2) is 71.0 Å². The van der Waals surface area contributed by atoms with Gasteiger partial charge in [-0.1, -0.05) is 0 Å². The minimum absolute atomic E-state index is 0. The first kappa shape index (κ1) is 96.3. The number of aliphatic hydroxyl groups is 1. The summed E-state index contributed by atoms with van der Waals surface area (Å²) in [4.78, 5) is 78.5. The van der Waals surface area contributed by atoms with Crippen LogP contribution in [0.15, 0.2) is 0 Å². The predicted octanol–water partition coefficient (Wildman–Crippen LogP) is -39.4. The van der Waals surface area contributed by atoms with Crippen LogP contribution in [0.2, 0.25) is 0 Å². The van der Waals surface area contributed by atoms with Crippen molar-refractivity contribution in [2.24, 2.45) is 0 Å². The van der Waals surface area contributed by atoms with Gasteiger partial charge in [-0.2, -0.15) is 8.62 Å². The number of carboxylic acid groups (broad SMARTS) is 2. The monoisotopic (exact) mass is 882 g/mol. The molecule has 0 aliphatic rings. The molecule has 3 unspecified atom stereocenters. The molecule has 0 aliphatic heterocycles. The largest absolute Gasteiger partial charge is 1.00 e. The maximum atomic E-state index is 11.4. The molecule has 0 saturated heterocycles. The molecule has 0 rings (SSSR count). The molecular weight excluding hydrogens is 856 g/mol. The number of phosphoric acid groups is 3. The molecule has 0 aromatic heterocycles. The van der Waals surface area contributed by atoms with Gasteiger partial charge >= 0.3 is 541 Å². The molecule has 0 radical (unpaired) electrons. The fourth-order valence-corrected chi connectivity index (χ4v) is 4.29. The SMILES string of the molecule is O=C(O)CC(O)(CC(=O)OCC(=O)OP(=O)(O)OP(=O)(O)OP(=O)(O)O)C(=O)O.[H-].[H-].[H-].[H-].[H-].[H-].[H-].[H-].[H-].[H-].[H-].[H-].[H-].[K+].[K+].[K+].[K+].[K+].[Na+].[Na+].[Na+].[Na+].[Na+].[Na+].[Na+].[Na+]. The van der Waals surface area contributed by atoms with E-state index < -0.39 is 72.4 Å². The average molecular weight is 883 g/mol. The topological polar surface area (TPSA) is 298 Å². The van der Waals surface area contributed by atoms with Crippen LogP contribution in [0, 0.1) is 0 Å². The molecule has 7 N–H and O–H groups in total. The van der Waals surface area contributed by atoms with Crippen molar-refractivity contribution in [3.8, 4) is 0 Å². The van der Waals surface area contributed by atoms with E-state index >= 15 is 0 Å². The summed E-state index contributed by atoms with van der Waals surface area (Å²) < 4.78 is 47.0. The Balaban J connectivity index is -0.0000000121. The van der Waals surface area contributed by atoms with E-state index in [1.807, 2.05) is 0 Å². The van der Waals surface area contributed by atoms with Crippen LogP contribution in [0.1, 0.15) is 31.4 Å². The van der Waals surface area contributed by atoms with E-state index in [4.69, 9.17) is 29.8 Å². The quantitative estimate of drug-likeness (QED) is 0.0544. The van der Waals surface area contributed by atoms with E-state index in [0.717, 1.165) is 0 Å². The standard InChI is InChI=1S/C8H13O18P3.5K.8Na.13H/c9-4(10)1-8(15,7(13)14)2-5(11)23-3-6(12)24-28(19,20)26-29(21,22)25-27(16,17)18;;;;;;;;;;;;;;;;;;;;;;;;;;/h15H,1-3H2,(H,9,10)(H,13,14)(H,19,20)(H,21,22)(H2,16,17,18);;;;;;;;;;;;;;;;;;;;;;;;;;/q;13*+1;13*-1. The van der Waals surface area contributed by atoms with E-state index in [-0.39, 0.29) is 512 Å². The third-order valence-electron chi connectivity index (χ3n) is 2.26. The van der Waals surface area contributed by atoms with Gasteiger partial charge in [-0.05, 0) is 0 Å². The summed E-state index contributed by atoms with van der Waals surface area (Å²) in [6.45, 7) is -1.55. The average Bonchev–Trinajstić information content (AvgIpc) is 2.38. The first-order valence-corrected chi connectivity index (χ1v) is 11.0. The molecule has 0 aromatic rings. The number of hydrogen-bond acceptors (Lipinski definition) is 12. The van der Waals surface area contributed by atoms with Gasteiger partial charge < -0.3 is 57.8 Å². The first-order valence-electron chi connectivity index (χ1n) is 6.46. The van der Waals surface area contributed by atoms with Crippen molar-refractivity contribution in [2.45, 2.75) is 18.4 Å². The second-order valence-electron chi connectivity index (χ2n) is 4.80. The van der Waals surface area contributed by atoms with Gasteiger partial charge in [0, 0.05) is 0 Å². The van der Waals surface area contributed by atoms with Crippen LogP contribution in [0.4, 0.5) is 0 Å². The van der Waals surface area contributed by atoms with E-state index in [1.54, 1.807) is 0 Å². The molecule has 194 valence electrons. The Labute approximate surface area is 650 Å². The van der Waals surface area contributed by atoms with Crippen LogP contribution in [0.5, 0.6) is 0 Å². The smallest absolute Gasteiger partial charge is 1.00 e. The second kappa shape index (κ2) is 49.8. The zero-order chi connectivity index (χ0) is 23.3. The molecule has 0 heterocycles. The van der Waals surface area contributed by atoms with Gasteiger partial charge in [0.15, 0.2) is 12.2 Å². The van der Waals surface area contributed by atoms with Gasteiger partial charge in [-0.3, -0.25) is 14.5 Å². The molecular formula is C8H26K5Na8O18P3. The Bertz CT molecular complexity index is 903. The summed E-state index contributed by atoms with van der Waals surface area (Å²) in [7, 11) is -17.4. The van der Waals surface area contributed by atoms with Crippen LogP contribution in [-0.2, 0) is 50.8 Å². The third-order valence-corrected chi connectivity index (χ3v) is 6.02. The van der Waals surface area contributed by atoms with Gasteiger partial charge in [-0.25, -0.2) is 23.3 Å². The van der Waals surface area contributed by atoms with Crippen molar-refractivity contribution in [3.05, 3.63) is 0 Å². The Morgan fingerprint density at radius 3 is 1.26 bits per heavy atom. The molecule has 34 heteroatoms. The number of carbonyl (C=O) groups is 4. The second-order valence-corrected chi connectivity index (χ2v) is 9.14. The minimum atomic E-state index is -5.90. The van der Waals surface area contributed by atoms with E-state index in [0.29, 0.717) is 0 Å². The summed E-state index contributed by atoms with van der Waals surface area (Å²) in [5.41, 5.74) is -3.11. The van der Waals surface area contributed by atoms with E-state index in [1.165, 1.54) is 0 Å². The summed E-state index contributed by atoms with van der Waals surface area (Å²) in [5, 5.41) is 26.8. The van der Waals surface area contributed by atoms with Crippen molar-refractivity contribution in [1.82, 2.24) is 0 Å². The van der Waals surface area contributed by atoms with E-state index in [9.17, 15) is 38.0 Å². The molecule has 0 fully saturated rings. The Kier molecular flexibility index (Phi) is 114. The Morgan fingerprint density at radius 2 is 0.976 bits per heavy atom. The number of hydrogen-bond donors (Lipinski definition) is 7. The first-order chi connectivity index (χ1) is 12.8. The van der Waals surface area contributed by atoms with Crippen molar-refractivity contribution in [2.75, 3.05) is 6.61 Å². The molecule has 0 aliphatic carbocycles. The van der Waals surface area contributed by atoms with Crippen molar-refractivity contribution in [3.63, 3.8) is 0 Å². The number of phosphoric ester groups is 1. The molecule has 0 aromatic carbocycles. The zero-order valence-corrected chi connectivity index (χ0v) is 60.9. The zero-order valence-electron chi connectivity index (χ0n) is 39.6. The molecule has 0 amide bonds. The van der Waals surface area contributed by atoms with E-state index in [2.05, 4.69) is 17.9 Å². The van der Waals surface area contributed by atoms with Crippen LogP contribution in [0.25, 0.3) is 0 Å². The number of carbonyl (C=O) groups excluding carboxylic acids is 2. The van der Waals surface area contributed by atoms with Crippen molar-refractivity contribution in [1.29, 1.82) is 0 Å². The normalized spacial score (nSPS) is 12.3. The fraction of sp³-hybridized carbons (Fsp3) is 0.500. The summed E-state index contributed by atoms with van der Waals surface area (Å²) >= 11 is 0. The summed E-state index contributed by atoms with van der Waals surface area (Å²) in [5.74, 6) is -7.53. The third kappa shape index (κ3) is 56.6. The number of aliphatic carboxylic acids is 2. The van der Waals surface area contributed by atoms with Crippen molar-refractivity contribution < 1.29 is 598 Å². The summed E-state index contributed by atoms with van der Waals surface area (Å²) in [6.07, 6.45) is -2.88. The van der Waals surface area contributed by atoms with Gasteiger partial charge in [0.1, 0.15) is 0 Å². The number of carboxylic acids is 2. The number of rotatable bonds is 12. The Morgan fingerprint density at radius 1 is 0.619 bits per heavy atom. The summed E-state index contributed by atoms with van der Waals surface area (Å²) in [6, 6.07) is 0. The van der Waals surface area contributed by atoms with Gasteiger partial charge in [0.2, 0.25) is 0 Å². The van der Waals surface area contributed by atoms with Crippen molar-refractivity contribution >= 4 is 47.3 Å². The van der Waals surface area contributed by atoms with Crippen LogP contribution < -0.4 is 493 Å². The molecule has 0 spiro atoms. The molecule has 18 nitrogen and oxygen atoms in total. The maximum absolute atomic E-state index is 11.4. The molecule has 3 atom stereocenters. The minimum Gasteiger partial charge on any atom is -1.00 e. The molecule has 0 saturated carbocycles. The number of esters is 1. The molecule has 0 bridgehead atoms. The van der Waals surface area contributed by atoms with Crippen LogP contribution >= 0.6 is 23.5 Å². The van der Waals surface area contributed by atoms with Gasteiger partial charge in [0.05, 0.1) is 12.8 Å². The fourth-order valence-electron chi connectivity index (χ4n) is 1.34. The predicted molar refractivity (Wildman–Crippen MR) is 94.8 cm³/mol. The molecule has 42 heavy (non-hydrogen) atoms. The van der Waals surface area contributed by atoms with Crippen LogP contribution in [0.3, 0.4) is 0 Å².